The van der Waals surface area contributed by atoms with Crippen LogP contribution in [-0.4, -0.2) is 10.8 Å². The second-order valence-corrected chi connectivity index (χ2v) is 8.28. The van der Waals surface area contributed by atoms with Crippen LogP contribution in [0.15, 0.2) is 70.7 Å². The lowest BCUT2D eigenvalue weighted by Crippen LogP contribution is -2.13. The van der Waals surface area contributed by atoms with Gasteiger partial charge in [0.05, 0.1) is 14.4 Å². The average Bonchev–Trinajstić information content (AvgIpc) is 2.78. The lowest BCUT2D eigenvalue weighted by molar-refractivity contribution is -0.384. The predicted molar refractivity (Wildman–Crippen MR) is 130 cm³/mol. The van der Waals surface area contributed by atoms with E-state index in [1.54, 1.807) is 36.4 Å². The maximum atomic E-state index is 12.5. The molecule has 0 saturated heterocycles. The van der Waals surface area contributed by atoms with Gasteiger partial charge in [0, 0.05) is 17.8 Å². The number of amides is 1. The van der Waals surface area contributed by atoms with E-state index in [1.807, 2.05) is 25.1 Å². The van der Waals surface area contributed by atoms with Crippen LogP contribution in [0.25, 0.3) is 6.08 Å². The molecule has 0 fully saturated rings. The molecule has 3 aromatic rings. The van der Waals surface area contributed by atoms with Crippen molar-refractivity contribution in [3.8, 4) is 11.8 Å². The Balaban J connectivity index is 1.74. The number of carbonyl (C=O) groups is 1. The summed E-state index contributed by atoms with van der Waals surface area (Å²) in [6.07, 6.45) is 1.43. The molecular weight excluding hydrogens is 510 g/mol. The summed E-state index contributed by atoms with van der Waals surface area (Å²) >= 11 is 9.76. The molecule has 166 valence electrons. The van der Waals surface area contributed by atoms with Crippen molar-refractivity contribution < 1.29 is 14.5 Å². The number of rotatable bonds is 7. The third-order valence-electron chi connectivity index (χ3n) is 4.54. The first kappa shape index (κ1) is 24.0. The van der Waals surface area contributed by atoms with Crippen molar-refractivity contribution in [2.75, 3.05) is 5.32 Å². The number of aryl methyl sites for hydroxylation is 1. The Morgan fingerprint density at radius 3 is 2.45 bits per heavy atom. The summed E-state index contributed by atoms with van der Waals surface area (Å²) in [4.78, 5) is 22.8. The van der Waals surface area contributed by atoms with Crippen molar-refractivity contribution in [3.05, 3.63) is 103 Å². The number of nitro groups is 1. The highest BCUT2D eigenvalue weighted by Gasteiger charge is 2.13. The molecule has 0 aliphatic heterocycles. The zero-order valence-corrected chi connectivity index (χ0v) is 19.7. The zero-order chi connectivity index (χ0) is 24.0. The van der Waals surface area contributed by atoms with Gasteiger partial charge in [-0.1, -0.05) is 29.3 Å². The Bertz CT molecular complexity index is 1240. The van der Waals surface area contributed by atoms with Gasteiger partial charge in [-0.3, -0.25) is 14.9 Å². The molecule has 0 heterocycles. The molecule has 0 radical (unpaired) electrons. The van der Waals surface area contributed by atoms with Crippen LogP contribution in [0, 0.1) is 28.4 Å². The first-order valence-electron chi connectivity index (χ1n) is 9.62. The molecule has 3 rings (SSSR count). The number of benzene rings is 3. The summed E-state index contributed by atoms with van der Waals surface area (Å²) < 4.78 is 6.29. The maximum Gasteiger partial charge on any atom is 0.269 e. The molecule has 3 aromatic carbocycles. The minimum Gasteiger partial charge on any atom is -0.486 e. The van der Waals surface area contributed by atoms with Crippen molar-refractivity contribution in [1.82, 2.24) is 0 Å². The summed E-state index contributed by atoms with van der Waals surface area (Å²) in [6.45, 7) is 2.08. The fourth-order valence-electron chi connectivity index (χ4n) is 2.82. The van der Waals surface area contributed by atoms with E-state index in [0.717, 1.165) is 11.1 Å². The first-order valence-corrected chi connectivity index (χ1v) is 10.8. The van der Waals surface area contributed by atoms with Crippen LogP contribution in [0.3, 0.4) is 0 Å². The van der Waals surface area contributed by atoms with Crippen molar-refractivity contribution >= 4 is 50.9 Å². The van der Waals surface area contributed by atoms with Crippen molar-refractivity contribution in [3.63, 3.8) is 0 Å². The molecule has 0 bridgehead atoms. The third kappa shape index (κ3) is 6.42. The normalized spacial score (nSPS) is 10.9. The number of non-ortho nitro benzene ring substituents is 1. The van der Waals surface area contributed by atoms with E-state index in [2.05, 4.69) is 21.2 Å². The highest BCUT2D eigenvalue weighted by atomic mass is 79.9. The SMILES string of the molecule is Cc1ccc(NC(=O)/C(C#N)=C\c2cc(Cl)c(OCc3ccc([N+](=O)[O-])cc3)c(Br)c2)cc1. The molecule has 0 aromatic heterocycles. The summed E-state index contributed by atoms with van der Waals surface area (Å²) in [6, 6.07) is 18.4. The monoisotopic (exact) mass is 525 g/mol. The fourth-order valence-corrected chi connectivity index (χ4v) is 3.81. The number of nitrogens with one attached hydrogen (secondary N) is 1. The van der Waals surface area contributed by atoms with Crippen molar-refractivity contribution in [2.45, 2.75) is 13.5 Å². The molecule has 7 nitrogen and oxygen atoms in total. The zero-order valence-electron chi connectivity index (χ0n) is 17.3. The van der Waals surface area contributed by atoms with E-state index in [-0.39, 0.29) is 22.9 Å². The molecule has 1 amide bonds. The molecule has 0 aliphatic carbocycles. The van der Waals surface area contributed by atoms with Gasteiger partial charge in [-0.25, -0.2) is 0 Å². The highest BCUT2D eigenvalue weighted by Crippen LogP contribution is 2.36. The minimum atomic E-state index is -0.535. The maximum absolute atomic E-state index is 12.5. The number of carbonyl (C=O) groups excluding carboxylic acids is 1. The molecule has 1 N–H and O–H groups in total. The van der Waals surface area contributed by atoms with E-state index in [4.69, 9.17) is 16.3 Å². The van der Waals surface area contributed by atoms with E-state index in [1.165, 1.54) is 18.2 Å². The van der Waals surface area contributed by atoms with E-state index < -0.39 is 10.8 Å². The van der Waals surface area contributed by atoms with Crippen LogP contribution < -0.4 is 10.1 Å². The average molecular weight is 527 g/mol. The minimum absolute atomic E-state index is 0.00573. The Hall–Kier alpha value is -3.67. The van der Waals surface area contributed by atoms with Crippen molar-refractivity contribution in [1.29, 1.82) is 5.26 Å². The van der Waals surface area contributed by atoms with Crippen LogP contribution in [0.2, 0.25) is 5.02 Å². The lowest BCUT2D eigenvalue weighted by atomic mass is 10.1. The van der Waals surface area contributed by atoms with Gasteiger partial charge in [-0.2, -0.15) is 5.26 Å². The number of anilines is 1. The number of hydrogen-bond donors (Lipinski definition) is 1. The molecule has 9 heteroatoms. The van der Waals surface area contributed by atoms with E-state index in [0.29, 0.717) is 21.5 Å². The van der Waals surface area contributed by atoms with Crippen LogP contribution >= 0.6 is 27.5 Å². The van der Waals surface area contributed by atoms with Gasteiger partial charge in [0.15, 0.2) is 5.75 Å². The summed E-state index contributed by atoms with van der Waals surface area (Å²) in [5.41, 5.74) is 2.81. The van der Waals surface area contributed by atoms with E-state index >= 15 is 0 Å². The standard InChI is InChI=1S/C24H17BrClN3O4/c1-15-2-6-19(7-3-15)28-24(30)18(13-27)10-17-11-21(25)23(22(26)12-17)33-14-16-4-8-20(9-5-16)29(31)32/h2-12H,14H2,1H3,(H,28,30)/b18-10-. The third-order valence-corrected chi connectivity index (χ3v) is 5.41. The Morgan fingerprint density at radius 2 is 1.88 bits per heavy atom. The largest absolute Gasteiger partial charge is 0.486 e. The Labute approximate surface area is 203 Å². The molecule has 0 unspecified atom stereocenters. The molecule has 0 atom stereocenters. The molecule has 33 heavy (non-hydrogen) atoms. The van der Waals surface area contributed by atoms with Gasteiger partial charge >= 0.3 is 0 Å². The Morgan fingerprint density at radius 1 is 1.21 bits per heavy atom. The predicted octanol–water partition coefficient (Wildman–Crippen LogP) is 6.44. The molecule has 0 aliphatic rings. The molecule has 0 saturated carbocycles. The van der Waals surface area contributed by atoms with Crippen LogP contribution in [0.1, 0.15) is 16.7 Å². The van der Waals surface area contributed by atoms with Crippen LogP contribution in [0.4, 0.5) is 11.4 Å². The summed E-state index contributed by atoms with van der Waals surface area (Å²) in [7, 11) is 0. The second-order valence-electron chi connectivity index (χ2n) is 7.02. The van der Waals surface area contributed by atoms with Crippen LogP contribution in [-0.2, 0) is 11.4 Å². The van der Waals surface area contributed by atoms with Gasteiger partial charge in [0.2, 0.25) is 0 Å². The number of hydrogen-bond acceptors (Lipinski definition) is 5. The van der Waals surface area contributed by atoms with Crippen molar-refractivity contribution in [2.24, 2.45) is 0 Å². The lowest BCUT2D eigenvalue weighted by Gasteiger charge is -2.11. The van der Waals surface area contributed by atoms with Gasteiger partial charge in [0.25, 0.3) is 11.6 Å². The molecule has 0 spiro atoms. The van der Waals surface area contributed by atoms with Gasteiger partial charge in [-0.05, 0) is 76.5 Å². The molecular formula is C24H17BrClN3O4. The number of nitro benzene ring substituents is 1. The number of halogens is 2. The van der Waals surface area contributed by atoms with Gasteiger partial charge in [-0.15, -0.1) is 0 Å². The van der Waals surface area contributed by atoms with Gasteiger partial charge in [0.1, 0.15) is 18.2 Å². The first-order chi connectivity index (χ1) is 15.8. The Kier molecular flexibility index (Phi) is 7.83. The fraction of sp³-hybridized carbons (Fsp3) is 0.0833. The second kappa shape index (κ2) is 10.8. The highest BCUT2D eigenvalue weighted by molar-refractivity contribution is 9.10. The number of ether oxygens (including phenoxy) is 1. The quantitative estimate of drug-likeness (QED) is 0.165. The summed E-state index contributed by atoms with van der Waals surface area (Å²) in [5.74, 6) is -0.165. The van der Waals surface area contributed by atoms with E-state index in [9.17, 15) is 20.2 Å². The number of nitriles is 1. The van der Waals surface area contributed by atoms with Gasteiger partial charge < -0.3 is 10.1 Å². The smallest absolute Gasteiger partial charge is 0.269 e. The summed E-state index contributed by atoms with van der Waals surface area (Å²) in [5, 5.41) is 23.2. The van der Waals surface area contributed by atoms with Crippen LogP contribution in [0.5, 0.6) is 5.75 Å². The number of nitrogens with zero attached hydrogens (tertiary/aromatic N) is 2. The topological polar surface area (TPSA) is 105 Å².